The Morgan fingerprint density at radius 2 is 2.38 bits per heavy atom. The molecule has 0 amide bonds. The van der Waals surface area contributed by atoms with E-state index in [1.165, 1.54) is 12.5 Å². The second kappa shape index (κ2) is 4.81. The lowest BCUT2D eigenvalue weighted by molar-refractivity contribution is -0.389. The first-order valence-electron chi connectivity index (χ1n) is 3.96. The minimum absolute atomic E-state index is 0.106. The summed E-state index contributed by atoms with van der Waals surface area (Å²) in [6.07, 6.45) is 4.71. The number of rotatable bonds is 5. The van der Waals surface area contributed by atoms with Gasteiger partial charge in [-0.05, 0) is 22.7 Å². The fourth-order valence-electron chi connectivity index (χ4n) is 0.954. The van der Waals surface area contributed by atoms with Crippen molar-refractivity contribution in [2.75, 3.05) is 5.88 Å². The summed E-state index contributed by atoms with van der Waals surface area (Å²) in [4.78, 5) is 13.4. The number of aryl methyl sites for hydroxylation is 1. The van der Waals surface area contributed by atoms with E-state index < -0.39 is 4.92 Å². The molecule has 0 saturated carbocycles. The normalized spacial score (nSPS) is 10.2. The van der Waals surface area contributed by atoms with E-state index in [0.29, 0.717) is 5.88 Å². The van der Waals surface area contributed by atoms with E-state index >= 15 is 0 Å². The van der Waals surface area contributed by atoms with E-state index in [9.17, 15) is 10.1 Å². The highest BCUT2D eigenvalue weighted by Crippen LogP contribution is 2.06. The van der Waals surface area contributed by atoms with Gasteiger partial charge < -0.3 is 14.7 Å². The van der Waals surface area contributed by atoms with Crippen LogP contribution in [0, 0.1) is 10.1 Å². The van der Waals surface area contributed by atoms with Gasteiger partial charge >= 0.3 is 5.82 Å². The van der Waals surface area contributed by atoms with Gasteiger partial charge in [0.25, 0.3) is 0 Å². The Morgan fingerprint density at radius 3 is 2.92 bits per heavy atom. The second-order valence-electron chi connectivity index (χ2n) is 2.62. The van der Waals surface area contributed by atoms with Gasteiger partial charge in [0.15, 0.2) is 0 Å². The van der Waals surface area contributed by atoms with Crippen LogP contribution >= 0.6 is 11.6 Å². The second-order valence-corrected chi connectivity index (χ2v) is 3.00. The van der Waals surface area contributed by atoms with Crippen LogP contribution < -0.4 is 0 Å². The lowest BCUT2D eigenvalue weighted by Crippen LogP contribution is -1.94. The molecule has 0 unspecified atom stereocenters. The Labute approximate surface area is 80.5 Å². The molecule has 1 aromatic rings. The van der Waals surface area contributed by atoms with Crippen LogP contribution in [0.1, 0.15) is 12.8 Å². The monoisotopic (exact) mass is 203 g/mol. The Balaban J connectivity index is 2.44. The van der Waals surface area contributed by atoms with E-state index in [2.05, 4.69) is 4.98 Å². The summed E-state index contributed by atoms with van der Waals surface area (Å²) in [7, 11) is 0. The van der Waals surface area contributed by atoms with Crippen molar-refractivity contribution in [3.05, 3.63) is 22.6 Å². The average Bonchev–Trinajstić information content (AvgIpc) is 2.53. The van der Waals surface area contributed by atoms with Crippen molar-refractivity contribution in [2.24, 2.45) is 0 Å². The van der Waals surface area contributed by atoms with Gasteiger partial charge in [0.05, 0.1) is 0 Å². The molecule has 0 aliphatic rings. The zero-order valence-electron chi connectivity index (χ0n) is 7.02. The molecule has 1 heterocycles. The van der Waals surface area contributed by atoms with Crippen molar-refractivity contribution in [3.8, 4) is 0 Å². The number of nitro groups is 1. The summed E-state index contributed by atoms with van der Waals surface area (Å²) in [5.41, 5.74) is 0. The molecule has 0 aliphatic carbocycles. The number of unbranched alkanes of at least 4 members (excludes halogenated alkanes) is 1. The maximum absolute atomic E-state index is 10.3. The highest BCUT2D eigenvalue weighted by molar-refractivity contribution is 6.17. The van der Waals surface area contributed by atoms with Crippen LogP contribution in [0.5, 0.6) is 0 Å². The first-order chi connectivity index (χ1) is 6.24. The van der Waals surface area contributed by atoms with Crippen molar-refractivity contribution in [2.45, 2.75) is 19.4 Å². The Morgan fingerprint density at radius 1 is 1.62 bits per heavy atom. The maximum atomic E-state index is 10.3. The molecule has 1 aromatic heterocycles. The fraction of sp³-hybridized carbons (Fsp3) is 0.571. The van der Waals surface area contributed by atoms with E-state index in [1.807, 2.05) is 0 Å². The summed E-state index contributed by atoms with van der Waals surface area (Å²) in [6.45, 7) is 0.730. The molecule has 72 valence electrons. The molecule has 13 heavy (non-hydrogen) atoms. The average molecular weight is 204 g/mol. The smallest absolute Gasteiger partial charge is 0.358 e. The van der Waals surface area contributed by atoms with E-state index in [0.717, 1.165) is 19.4 Å². The van der Waals surface area contributed by atoms with Crippen LogP contribution in [0.25, 0.3) is 0 Å². The number of imidazole rings is 1. The molecule has 0 bridgehead atoms. The van der Waals surface area contributed by atoms with Crippen LogP contribution in [-0.2, 0) is 6.54 Å². The Hall–Kier alpha value is -1.10. The first kappa shape index (κ1) is 9.98. The predicted octanol–water partition coefficient (Wildman–Crippen LogP) is 1.81. The van der Waals surface area contributed by atoms with Crippen molar-refractivity contribution in [1.82, 2.24) is 9.55 Å². The first-order valence-corrected chi connectivity index (χ1v) is 4.49. The zero-order valence-corrected chi connectivity index (χ0v) is 7.78. The zero-order chi connectivity index (χ0) is 9.68. The molecule has 5 nitrogen and oxygen atoms in total. The SMILES string of the molecule is O=[N+]([O-])c1cn(CCCCCl)cn1. The number of alkyl halides is 1. The summed E-state index contributed by atoms with van der Waals surface area (Å²) < 4.78 is 1.70. The third-order valence-electron chi connectivity index (χ3n) is 1.61. The van der Waals surface area contributed by atoms with Crippen LogP contribution in [0.15, 0.2) is 12.5 Å². The topological polar surface area (TPSA) is 61.0 Å². The number of halogens is 1. The van der Waals surface area contributed by atoms with Gasteiger partial charge in [-0.1, -0.05) is 0 Å². The summed E-state index contributed by atoms with van der Waals surface area (Å²) in [5, 5.41) is 10.3. The lowest BCUT2D eigenvalue weighted by Gasteiger charge is -1.96. The van der Waals surface area contributed by atoms with E-state index in [4.69, 9.17) is 11.6 Å². The van der Waals surface area contributed by atoms with Gasteiger partial charge in [-0.25, -0.2) is 0 Å². The molecule has 0 aliphatic heterocycles. The van der Waals surface area contributed by atoms with Gasteiger partial charge in [-0.3, -0.25) is 0 Å². The van der Waals surface area contributed by atoms with E-state index in [-0.39, 0.29) is 5.82 Å². The quantitative estimate of drug-likeness (QED) is 0.317. The minimum Gasteiger partial charge on any atom is -0.358 e. The Bertz CT molecular complexity index is 287. The lowest BCUT2D eigenvalue weighted by atomic mass is 10.3. The van der Waals surface area contributed by atoms with Crippen LogP contribution in [0.2, 0.25) is 0 Å². The van der Waals surface area contributed by atoms with Gasteiger partial charge in [-0.2, -0.15) is 0 Å². The molecule has 0 spiro atoms. The number of hydrogen-bond donors (Lipinski definition) is 0. The fourth-order valence-corrected chi connectivity index (χ4v) is 1.14. The number of hydrogen-bond acceptors (Lipinski definition) is 3. The molecule has 0 saturated heterocycles. The summed E-state index contributed by atoms with van der Waals surface area (Å²) in [5.74, 6) is 0.516. The molecule has 6 heteroatoms. The standard InChI is InChI=1S/C7H10ClN3O2/c8-3-1-2-4-10-5-7(9-6-10)11(12)13/h5-6H,1-4H2. The van der Waals surface area contributed by atoms with Crippen LogP contribution in [0.4, 0.5) is 5.82 Å². The molecule has 0 aromatic carbocycles. The highest BCUT2D eigenvalue weighted by atomic mass is 35.5. The van der Waals surface area contributed by atoms with Crippen molar-refractivity contribution in [3.63, 3.8) is 0 Å². The molecule has 0 atom stereocenters. The maximum Gasteiger partial charge on any atom is 0.381 e. The van der Waals surface area contributed by atoms with Crippen molar-refractivity contribution < 1.29 is 4.92 Å². The molecule has 0 fully saturated rings. The van der Waals surface area contributed by atoms with Crippen molar-refractivity contribution >= 4 is 17.4 Å². The molecule has 1 rings (SSSR count). The molecular weight excluding hydrogens is 194 g/mol. The van der Waals surface area contributed by atoms with Gasteiger partial charge in [0.1, 0.15) is 6.20 Å². The number of aromatic nitrogens is 2. The molecule has 0 radical (unpaired) electrons. The predicted molar refractivity (Wildman–Crippen MR) is 48.8 cm³/mol. The minimum atomic E-state index is -0.502. The van der Waals surface area contributed by atoms with Crippen LogP contribution in [0.3, 0.4) is 0 Å². The molecule has 0 N–H and O–H groups in total. The van der Waals surface area contributed by atoms with Crippen LogP contribution in [-0.4, -0.2) is 20.4 Å². The van der Waals surface area contributed by atoms with Crippen molar-refractivity contribution in [1.29, 1.82) is 0 Å². The molecular formula is C7H10ClN3O2. The van der Waals surface area contributed by atoms with E-state index in [1.54, 1.807) is 4.57 Å². The third-order valence-corrected chi connectivity index (χ3v) is 1.87. The third kappa shape index (κ3) is 3.02. The van der Waals surface area contributed by atoms with Gasteiger partial charge in [0, 0.05) is 12.4 Å². The highest BCUT2D eigenvalue weighted by Gasteiger charge is 2.08. The van der Waals surface area contributed by atoms with Gasteiger partial charge in [0.2, 0.25) is 6.33 Å². The largest absolute Gasteiger partial charge is 0.381 e. The Kier molecular flexibility index (Phi) is 3.70. The summed E-state index contributed by atoms with van der Waals surface area (Å²) in [6, 6.07) is 0. The number of nitrogens with zero attached hydrogens (tertiary/aromatic N) is 3. The van der Waals surface area contributed by atoms with Gasteiger partial charge in [-0.15, -0.1) is 11.6 Å². The summed E-state index contributed by atoms with van der Waals surface area (Å²) >= 11 is 5.49.